The van der Waals surface area contributed by atoms with Gasteiger partial charge in [-0.05, 0) is 37.5 Å². The van der Waals surface area contributed by atoms with Crippen LogP contribution in [0, 0.1) is 11.3 Å². The van der Waals surface area contributed by atoms with Crippen LogP contribution in [0.15, 0.2) is 30.0 Å². The van der Waals surface area contributed by atoms with E-state index in [0.29, 0.717) is 15.7 Å². The van der Waals surface area contributed by atoms with Gasteiger partial charge in [0.25, 0.3) is 5.91 Å². The number of amides is 1. The molecule has 6 heteroatoms. The van der Waals surface area contributed by atoms with E-state index >= 15 is 0 Å². The average molecular weight is 324 g/mol. The lowest BCUT2D eigenvalue weighted by atomic mass is 10.1. The molecule has 0 saturated carbocycles. The fourth-order valence-electron chi connectivity index (χ4n) is 2.14. The fourth-order valence-corrected chi connectivity index (χ4v) is 2.44. The predicted octanol–water partition coefficient (Wildman–Crippen LogP) is 3.83. The van der Waals surface area contributed by atoms with Crippen molar-refractivity contribution in [3.05, 3.63) is 40.0 Å². The Morgan fingerprint density at radius 3 is 2.57 bits per heavy atom. The molecular formula is C15H15Cl2N3O. The first kappa shape index (κ1) is 15.7. The number of anilines is 1. The number of benzene rings is 1. The Balaban J connectivity index is 2.07. The molecule has 0 unspecified atom stereocenters. The van der Waals surface area contributed by atoms with E-state index in [0.717, 1.165) is 25.9 Å². The van der Waals surface area contributed by atoms with Gasteiger partial charge in [0.1, 0.15) is 11.6 Å². The number of nitrogens with one attached hydrogen (secondary N) is 1. The Kier molecular flexibility index (Phi) is 5.49. The molecule has 0 radical (unpaired) electrons. The van der Waals surface area contributed by atoms with Gasteiger partial charge >= 0.3 is 0 Å². The average Bonchev–Trinajstić information content (AvgIpc) is 2.49. The summed E-state index contributed by atoms with van der Waals surface area (Å²) in [5, 5.41) is 12.6. The van der Waals surface area contributed by atoms with Crippen LogP contribution in [0.5, 0.6) is 0 Å². The van der Waals surface area contributed by atoms with Crippen LogP contribution in [-0.2, 0) is 4.79 Å². The Morgan fingerprint density at radius 2 is 1.95 bits per heavy atom. The van der Waals surface area contributed by atoms with Gasteiger partial charge in [-0.15, -0.1) is 0 Å². The molecule has 0 aliphatic carbocycles. The Hall–Kier alpha value is -1.70. The fraction of sp³-hybridized carbons (Fsp3) is 0.333. The zero-order chi connectivity index (χ0) is 15.2. The minimum Gasteiger partial charge on any atom is -0.376 e. The highest BCUT2D eigenvalue weighted by Crippen LogP contribution is 2.25. The second-order valence-electron chi connectivity index (χ2n) is 4.83. The third kappa shape index (κ3) is 4.38. The monoisotopic (exact) mass is 323 g/mol. The SMILES string of the molecule is N#C/C(=C/N1CCCCC1)C(=O)Nc1ccc(Cl)c(Cl)c1. The van der Waals surface area contributed by atoms with Gasteiger partial charge in [-0.1, -0.05) is 23.2 Å². The van der Waals surface area contributed by atoms with Gasteiger partial charge < -0.3 is 10.2 Å². The quantitative estimate of drug-likeness (QED) is 0.679. The van der Waals surface area contributed by atoms with Crippen molar-refractivity contribution in [1.82, 2.24) is 4.90 Å². The van der Waals surface area contributed by atoms with Gasteiger partial charge in [0.05, 0.1) is 10.0 Å². The zero-order valence-electron chi connectivity index (χ0n) is 11.4. The zero-order valence-corrected chi connectivity index (χ0v) is 12.9. The number of hydrogen-bond donors (Lipinski definition) is 1. The number of hydrogen-bond acceptors (Lipinski definition) is 3. The molecule has 21 heavy (non-hydrogen) atoms. The van der Waals surface area contributed by atoms with E-state index in [4.69, 9.17) is 28.5 Å². The van der Waals surface area contributed by atoms with E-state index in [1.807, 2.05) is 11.0 Å². The molecule has 1 N–H and O–H groups in total. The highest BCUT2D eigenvalue weighted by molar-refractivity contribution is 6.42. The minimum absolute atomic E-state index is 0.0861. The van der Waals surface area contributed by atoms with E-state index in [9.17, 15) is 4.79 Å². The van der Waals surface area contributed by atoms with E-state index in [-0.39, 0.29) is 5.57 Å². The number of rotatable bonds is 3. The maximum absolute atomic E-state index is 12.1. The topological polar surface area (TPSA) is 56.1 Å². The molecule has 0 aromatic heterocycles. The molecule has 0 spiro atoms. The van der Waals surface area contributed by atoms with E-state index in [1.165, 1.54) is 6.42 Å². The van der Waals surface area contributed by atoms with Crippen molar-refractivity contribution in [1.29, 1.82) is 5.26 Å². The summed E-state index contributed by atoms with van der Waals surface area (Å²) in [7, 11) is 0. The van der Waals surface area contributed by atoms with Crippen molar-refractivity contribution in [2.45, 2.75) is 19.3 Å². The van der Waals surface area contributed by atoms with Crippen LogP contribution in [0.2, 0.25) is 10.0 Å². The molecular weight excluding hydrogens is 309 g/mol. The highest BCUT2D eigenvalue weighted by atomic mass is 35.5. The van der Waals surface area contributed by atoms with Crippen LogP contribution in [0.3, 0.4) is 0 Å². The van der Waals surface area contributed by atoms with Gasteiger partial charge in [0.2, 0.25) is 0 Å². The van der Waals surface area contributed by atoms with Gasteiger partial charge in [-0.3, -0.25) is 4.79 Å². The highest BCUT2D eigenvalue weighted by Gasteiger charge is 2.14. The second-order valence-corrected chi connectivity index (χ2v) is 5.65. The van der Waals surface area contributed by atoms with Crippen molar-refractivity contribution < 1.29 is 4.79 Å². The number of carbonyl (C=O) groups excluding carboxylic acids is 1. The first-order valence-corrected chi connectivity index (χ1v) is 7.48. The van der Waals surface area contributed by atoms with Crippen molar-refractivity contribution in [3.8, 4) is 6.07 Å². The molecule has 0 bridgehead atoms. The van der Waals surface area contributed by atoms with Gasteiger partial charge in [0, 0.05) is 25.0 Å². The van der Waals surface area contributed by atoms with Gasteiger partial charge in [-0.2, -0.15) is 5.26 Å². The minimum atomic E-state index is -0.443. The first-order valence-electron chi connectivity index (χ1n) is 6.72. The molecule has 1 aromatic carbocycles. The second kappa shape index (κ2) is 7.35. The molecule has 1 aliphatic heterocycles. The summed E-state index contributed by atoms with van der Waals surface area (Å²) in [4.78, 5) is 14.1. The maximum atomic E-state index is 12.1. The number of likely N-dealkylation sites (tertiary alicyclic amines) is 1. The summed E-state index contributed by atoms with van der Waals surface area (Å²) in [6.07, 6.45) is 5.00. The molecule has 1 heterocycles. The maximum Gasteiger partial charge on any atom is 0.267 e. The van der Waals surface area contributed by atoms with Crippen molar-refractivity contribution >= 4 is 34.8 Å². The van der Waals surface area contributed by atoms with Crippen molar-refractivity contribution in [2.75, 3.05) is 18.4 Å². The lowest BCUT2D eigenvalue weighted by Crippen LogP contribution is -2.26. The largest absolute Gasteiger partial charge is 0.376 e. The molecule has 4 nitrogen and oxygen atoms in total. The smallest absolute Gasteiger partial charge is 0.267 e. The molecule has 1 saturated heterocycles. The summed E-state index contributed by atoms with van der Waals surface area (Å²) in [6.45, 7) is 1.76. The summed E-state index contributed by atoms with van der Waals surface area (Å²) in [5.74, 6) is -0.443. The van der Waals surface area contributed by atoms with E-state index in [1.54, 1.807) is 24.4 Å². The lowest BCUT2D eigenvalue weighted by Gasteiger charge is -2.25. The molecule has 1 aromatic rings. The summed E-state index contributed by atoms with van der Waals surface area (Å²) in [5.41, 5.74) is 0.595. The molecule has 1 aliphatic rings. The lowest BCUT2D eigenvalue weighted by molar-refractivity contribution is -0.112. The van der Waals surface area contributed by atoms with Crippen molar-refractivity contribution in [2.24, 2.45) is 0 Å². The summed E-state index contributed by atoms with van der Waals surface area (Å²) < 4.78 is 0. The van der Waals surface area contributed by atoms with Crippen LogP contribution in [-0.4, -0.2) is 23.9 Å². The molecule has 110 valence electrons. The molecule has 1 fully saturated rings. The number of carbonyl (C=O) groups is 1. The number of nitrogens with zero attached hydrogens (tertiary/aromatic N) is 2. The van der Waals surface area contributed by atoms with Gasteiger partial charge in [0.15, 0.2) is 0 Å². The number of piperidine rings is 1. The van der Waals surface area contributed by atoms with Gasteiger partial charge in [-0.25, -0.2) is 0 Å². The Morgan fingerprint density at radius 1 is 1.24 bits per heavy atom. The predicted molar refractivity (Wildman–Crippen MR) is 84.2 cm³/mol. The van der Waals surface area contributed by atoms with E-state index < -0.39 is 5.91 Å². The van der Waals surface area contributed by atoms with Crippen LogP contribution in [0.25, 0.3) is 0 Å². The Bertz CT molecular complexity index is 601. The molecule has 2 rings (SSSR count). The third-order valence-corrected chi connectivity index (χ3v) is 3.98. The number of nitriles is 1. The van der Waals surface area contributed by atoms with Crippen molar-refractivity contribution in [3.63, 3.8) is 0 Å². The Labute approximate surface area is 133 Å². The molecule has 1 amide bonds. The van der Waals surface area contributed by atoms with E-state index in [2.05, 4.69) is 5.32 Å². The van der Waals surface area contributed by atoms with Crippen LogP contribution >= 0.6 is 23.2 Å². The molecule has 0 atom stereocenters. The third-order valence-electron chi connectivity index (χ3n) is 3.24. The van der Waals surface area contributed by atoms with Crippen LogP contribution in [0.1, 0.15) is 19.3 Å². The number of halogens is 2. The summed E-state index contributed by atoms with van der Waals surface area (Å²) >= 11 is 11.7. The normalized spacial score (nSPS) is 15.5. The van der Waals surface area contributed by atoms with Crippen LogP contribution < -0.4 is 5.32 Å². The standard InChI is InChI=1S/C15H15Cl2N3O/c16-13-5-4-12(8-14(13)17)19-15(21)11(9-18)10-20-6-2-1-3-7-20/h4-5,8,10H,1-3,6-7H2,(H,19,21)/b11-10-. The summed E-state index contributed by atoms with van der Waals surface area (Å²) in [6, 6.07) is 6.73. The first-order chi connectivity index (χ1) is 10.1. The van der Waals surface area contributed by atoms with Crippen LogP contribution in [0.4, 0.5) is 5.69 Å².